The Bertz CT molecular complexity index is 1190. The first-order valence-corrected chi connectivity index (χ1v) is 10.4. The van der Waals surface area contributed by atoms with Crippen LogP contribution >= 0.6 is 46.4 Å². The van der Waals surface area contributed by atoms with Crippen LogP contribution in [-0.4, -0.2) is 5.91 Å². The molecule has 0 aliphatic heterocycles. The number of anilines is 1. The summed E-state index contributed by atoms with van der Waals surface area (Å²) in [6.07, 6.45) is 1.44. The molecule has 0 heterocycles. The number of amides is 1. The minimum atomic E-state index is -0.541. The highest BCUT2D eigenvalue weighted by Crippen LogP contribution is 2.28. The second-order valence-electron chi connectivity index (χ2n) is 6.36. The molecule has 0 radical (unpaired) electrons. The van der Waals surface area contributed by atoms with E-state index < -0.39 is 5.91 Å². The molecular weight excluding hydrogens is 478 g/mol. The molecule has 156 valence electrons. The van der Waals surface area contributed by atoms with Crippen LogP contribution in [0.3, 0.4) is 0 Å². The van der Waals surface area contributed by atoms with Gasteiger partial charge in [-0.1, -0.05) is 58.5 Å². The van der Waals surface area contributed by atoms with Crippen molar-refractivity contribution in [1.82, 2.24) is 0 Å². The molecule has 0 saturated heterocycles. The SMILES string of the molecule is N#C/C(=C\c1ccc(OCc2ccc(Cl)c(Cl)c2)c(Cl)c1)C(=O)Nc1ccc(Cl)cc1. The van der Waals surface area contributed by atoms with Crippen molar-refractivity contribution in [2.45, 2.75) is 6.61 Å². The summed E-state index contributed by atoms with van der Waals surface area (Å²) in [5.74, 6) is -0.0881. The second-order valence-corrected chi connectivity index (χ2v) is 8.02. The summed E-state index contributed by atoms with van der Waals surface area (Å²) in [5.41, 5.74) is 1.87. The lowest BCUT2D eigenvalue weighted by Crippen LogP contribution is -2.13. The zero-order chi connectivity index (χ0) is 22.4. The molecule has 3 aromatic rings. The smallest absolute Gasteiger partial charge is 0.266 e. The topological polar surface area (TPSA) is 62.1 Å². The van der Waals surface area contributed by atoms with E-state index in [4.69, 9.17) is 51.1 Å². The third-order valence-electron chi connectivity index (χ3n) is 4.11. The van der Waals surface area contributed by atoms with Crippen LogP contribution in [0.25, 0.3) is 6.08 Å². The van der Waals surface area contributed by atoms with Gasteiger partial charge in [0.15, 0.2) is 0 Å². The van der Waals surface area contributed by atoms with Crippen LogP contribution in [0, 0.1) is 11.3 Å². The number of hydrogen-bond donors (Lipinski definition) is 1. The quantitative estimate of drug-likeness (QED) is 0.288. The van der Waals surface area contributed by atoms with Crippen LogP contribution in [0.1, 0.15) is 11.1 Å². The Hall–Kier alpha value is -2.68. The summed E-state index contributed by atoms with van der Waals surface area (Å²) in [6, 6.07) is 18.7. The Balaban J connectivity index is 1.70. The molecule has 3 aromatic carbocycles. The Morgan fingerprint density at radius 3 is 2.32 bits per heavy atom. The maximum absolute atomic E-state index is 12.4. The van der Waals surface area contributed by atoms with Gasteiger partial charge in [-0.05, 0) is 65.7 Å². The molecule has 0 spiro atoms. The zero-order valence-corrected chi connectivity index (χ0v) is 18.9. The molecule has 31 heavy (non-hydrogen) atoms. The van der Waals surface area contributed by atoms with Gasteiger partial charge in [0.1, 0.15) is 24.0 Å². The molecule has 0 fully saturated rings. The summed E-state index contributed by atoms with van der Waals surface area (Å²) in [4.78, 5) is 12.4. The van der Waals surface area contributed by atoms with E-state index in [0.717, 1.165) is 5.56 Å². The van der Waals surface area contributed by atoms with Crippen molar-refractivity contribution in [3.63, 3.8) is 0 Å². The fourth-order valence-electron chi connectivity index (χ4n) is 2.56. The van der Waals surface area contributed by atoms with Crippen molar-refractivity contribution in [1.29, 1.82) is 5.26 Å². The molecular formula is C23H14Cl4N2O2. The monoisotopic (exact) mass is 490 g/mol. The van der Waals surface area contributed by atoms with Crippen LogP contribution < -0.4 is 10.1 Å². The first-order valence-electron chi connectivity index (χ1n) is 8.90. The van der Waals surface area contributed by atoms with E-state index in [1.165, 1.54) is 6.08 Å². The third kappa shape index (κ3) is 6.40. The molecule has 0 saturated carbocycles. The molecule has 3 rings (SSSR count). The van der Waals surface area contributed by atoms with Crippen molar-refractivity contribution in [2.24, 2.45) is 0 Å². The zero-order valence-electron chi connectivity index (χ0n) is 15.8. The number of rotatable bonds is 6. The molecule has 0 aliphatic carbocycles. The van der Waals surface area contributed by atoms with Crippen molar-refractivity contribution in [2.75, 3.05) is 5.32 Å². The number of halogens is 4. The summed E-state index contributed by atoms with van der Waals surface area (Å²) in [5, 5.41) is 13.8. The number of nitrogens with one attached hydrogen (secondary N) is 1. The van der Waals surface area contributed by atoms with Gasteiger partial charge < -0.3 is 10.1 Å². The molecule has 0 aromatic heterocycles. The lowest BCUT2D eigenvalue weighted by molar-refractivity contribution is -0.112. The van der Waals surface area contributed by atoms with E-state index in [-0.39, 0.29) is 12.2 Å². The largest absolute Gasteiger partial charge is 0.487 e. The van der Waals surface area contributed by atoms with Crippen LogP contribution in [0.4, 0.5) is 5.69 Å². The Morgan fingerprint density at radius 2 is 1.68 bits per heavy atom. The van der Waals surface area contributed by atoms with E-state index >= 15 is 0 Å². The van der Waals surface area contributed by atoms with Crippen molar-refractivity contribution in [3.05, 3.63) is 97.5 Å². The standard InChI is InChI=1S/C23H14Cl4N2O2/c24-17-3-5-18(6-4-17)29-23(30)16(12-28)9-14-2-8-22(21(27)10-14)31-13-15-1-7-19(25)20(26)11-15/h1-11H,13H2,(H,29,30)/b16-9+. The van der Waals surface area contributed by atoms with Gasteiger partial charge in [0.05, 0.1) is 15.1 Å². The van der Waals surface area contributed by atoms with Gasteiger partial charge in [-0.15, -0.1) is 0 Å². The normalized spacial score (nSPS) is 11.0. The number of hydrogen-bond acceptors (Lipinski definition) is 3. The lowest BCUT2D eigenvalue weighted by Gasteiger charge is -2.10. The molecule has 4 nitrogen and oxygen atoms in total. The molecule has 0 bridgehead atoms. The summed E-state index contributed by atoms with van der Waals surface area (Å²) < 4.78 is 5.73. The predicted octanol–water partition coefficient (Wildman–Crippen LogP) is 7.42. The van der Waals surface area contributed by atoms with Gasteiger partial charge >= 0.3 is 0 Å². The minimum absolute atomic E-state index is 0.0736. The maximum atomic E-state index is 12.4. The van der Waals surface area contributed by atoms with E-state index in [2.05, 4.69) is 5.32 Å². The summed E-state index contributed by atoms with van der Waals surface area (Å²) in [6.45, 7) is 0.249. The van der Waals surface area contributed by atoms with Crippen LogP contribution in [0.2, 0.25) is 20.1 Å². The molecule has 8 heteroatoms. The Labute approximate surface area is 199 Å². The first-order chi connectivity index (χ1) is 14.9. The fraction of sp³-hybridized carbons (Fsp3) is 0.0435. The van der Waals surface area contributed by atoms with Gasteiger partial charge in [-0.25, -0.2) is 0 Å². The average Bonchev–Trinajstić information content (AvgIpc) is 2.75. The van der Waals surface area contributed by atoms with Crippen molar-refractivity contribution < 1.29 is 9.53 Å². The third-order valence-corrected chi connectivity index (χ3v) is 5.40. The second kappa shape index (κ2) is 10.6. The van der Waals surface area contributed by atoms with Gasteiger partial charge in [-0.3, -0.25) is 4.79 Å². The van der Waals surface area contributed by atoms with E-state index in [1.54, 1.807) is 60.7 Å². The Kier molecular flexibility index (Phi) is 7.84. The fourth-order valence-corrected chi connectivity index (χ4v) is 3.25. The highest BCUT2D eigenvalue weighted by Gasteiger charge is 2.11. The van der Waals surface area contributed by atoms with Gasteiger partial charge in [0.2, 0.25) is 0 Å². The lowest BCUT2D eigenvalue weighted by atomic mass is 10.1. The number of carbonyl (C=O) groups is 1. The minimum Gasteiger partial charge on any atom is -0.487 e. The van der Waals surface area contributed by atoms with Crippen LogP contribution in [0.15, 0.2) is 66.2 Å². The van der Waals surface area contributed by atoms with E-state index in [9.17, 15) is 10.1 Å². The van der Waals surface area contributed by atoms with Gasteiger partial charge in [0, 0.05) is 10.7 Å². The van der Waals surface area contributed by atoms with E-state index in [0.29, 0.717) is 37.1 Å². The molecule has 1 N–H and O–H groups in total. The summed E-state index contributed by atoms with van der Waals surface area (Å²) in [7, 11) is 0. The number of nitriles is 1. The van der Waals surface area contributed by atoms with Crippen LogP contribution in [-0.2, 0) is 11.4 Å². The number of ether oxygens (including phenoxy) is 1. The molecule has 0 unspecified atom stereocenters. The highest BCUT2D eigenvalue weighted by atomic mass is 35.5. The summed E-state index contributed by atoms with van der Waals surface area (Å²) >= 11 is 24.1. The molecule has 1 amide bonds. The highest BCUT2D eigenvalue weighted by molar-refractivity contribution is 6.42. The maximum Gasteiger partial charge on any atom is 0.266 e. The number of carbonyl (C=O) groups excluding carboxylic acids is 1. The number of nitrogens with zero attached hydrogens (tertiary/aromatic N) is 1. The van der Waals surface area contributed by atoms with Crippen LogP contribution in [0.5, 0.6) is 5.75 Å². The first kappa shape index (κ1) is 23.0. The van der Waals surface area contributed by atoms with Gasteiger partial charge in [0.25, 0.3) is 5.91 Å². The predicted molar refractivity (Wildman–Crippen MR) is 126 cm³/mol. The van der Waals surface area contributed by atoms with Gasteiger partial charge in [-0.2, -0.15) is 5.26 Å². The molecule has 0 aliphatic rings. The van der Waals surface area contributed by atoms with Crippen molar-refractivity contribution in [3.8, 4) is 11.8 Å². The Morgan fingerprint density at radius 1 is 0.935 bits per heavy atom. The molecule has 0 atom stereocenters. The average molecular weight is 492 g/mol. The van der Waals surface area contributed by atoms with E-state index in [1.807, 2.05) is 6.07 Å². The number of benzene rings is 3. The van der Waals surface area contributed by atoms with Crippen molar-refractivity contribution >= 4 is 64.1 Å².